The highest BCUT2D eigenvalue weighted by Gasteiger charge is 2.27. The first-order valence-electron chi connectivity index (χ1n) is 7.10. The number of nitrogens with zero attached hydrogens (tertiary/aromatic N) is 3. The van der Waals surface area contributed by atoms with Crippen LogP contribution in [0.1, 0.15) is 32.1 Å². The Bertz CT molecular complexity index is 535. The fraction of sp³-hybridized carbons (Fsp3) is 0.571. The Hall–Kier alpha value is -1.66. The van der Waals surface area contributed by atoms with Crippen molar-refractivity contribution >= 4 is 0 Å². The number of furan rings is 1. The quantitative estimate of drug-likeness (QED) is 0.920. The van der Waals surface area contributed by atoms with Gasteiger partial charge in [-0.05, 0) is 38.4 Å². The number of rotatable bonds is 4. The Morgan fingerprint density at radius 2 is 2.35 bits per heavy atom. The van der Waals surface area contributed by atoms with Crippen molar-refractivity contribution in [2.24, 2.45) is 5.73 Å². The summed E-state index contributed by atoms with van der Waals surface area (Å²) in [6, 6.07) is 4.16. The van der Waals surface area contributed by atoms with Crippen LogP contribution in [0.3, 0.4) is 0 Å². The zero-order valence-electron chi connectivity index (χ0n) is 11.7. The third kappa shape index (κ3) is 2.76. The molecule has 0 bridgehead atoms. The van der Waals surface area contributed by atoms with Crippen molar-refractivity contribution in [3.63, 3.8) is 0 Å². The average molecular weight is 276 g/mol. The summed E-state index contributed by atoms with van der Waals surface area (Å²) in [7, 11) is 0. The lowest BCUT2D eigenvalue weighted by Gasteiger charge is -2.37. The lowest BCUT2D eigenvalue weighted by atomic mass is 9.97. The van der Waals surface area contributed by atoms with Crippen LogP contribution in [0.5, 0.6) is 0 Å². The van der Waals surface area contributed by atoms with Gasteiger partial charge in [-0.25, -0.2) is 0 Å². The van der Waals surface area contributed by atoms with E-state index in [4.69, 9.17) is 14.6 Å². The molecule has 0 spiro atoms. The minimum absolute atomic E-state index is 0.155. The molecule has 1 aliphatic heterocycles. The predicted octanol–water partition coefficient (Wildman–Crippen LogP) is 2.03. The first kappa shape index (κ1) is 13.3. The molecule has 2 aromatic rings. The first-order valence-corrected chi connectivity index (χ1v) is 7.10. The molecule has 108 valence electrons. The van der Waals surface area contributed by atoms with Crippen LogP contribution in [0.15, 0.2) is 27.2 Å². The number of aromatic nitrogens is 2. The van der Waals surface area contributed by atoms with Gasteiger partial charge in [0.2, 0.25) is 5.89 Å². The molecule has 1 saturated heterocycles. The molecule has 2 N–H and O–H groups in total. The molecule has 2 unspecified atom stereocenters. The van der Waals surface area contributed by atoms with Gasteiger partial charge in [0.15, 0.2) is 5.76 Å². The van der Waals surface area contributed by atoms with Crippen molar-refractivity contribution in [1.82, 2.24) is 15.1 Å². The molecule has 0 saturated carbocycles. The van der Waals surface area contributed by atoms with Crippen LogP contribution in [-0.2, 0) is 6.54 Å². The van der Waals surface area contributed by atoms with E-state index < -0.39 is 0 Å². The van der Waals surface area contributed by atoms with E-state index in [9.17, 15) is 0 Å². The molecule has 0 radical (unpaired) electrons. The van der Waals surface area contributed by atoms with Crippen LogP contribution < -0.4 is 5.73 Å². The molecule has 6 nitrogen and oxygen atoms in total. The molecule has 3 rings (SSSR count). The highest BCUT2D eigenvalue weighted by molar-refractivity contribution is 5.42. The molecule has 1 aliphatic rings. The minimum Gasteiger partial charge on any atom is -0.459 e. The monoisotopic (exact) mass is 276 g/mol. The van der Waals surface area contributed by atoms with Gasteiger partial charge in [-0.2, -0.15) is 0 Å². The van der Waals surface area contributed by atoms with Crippen molar-refractivity contribution in [2.45, 2.75) is 44.8 Å². The topological polar surface area (TPSA) is 81.3 Å². The molecule has 3 heterocycles. The van der Waals surface area contributed by atoms with Crippen molar-refractivity contribution in [2.75, 3.05) is 6.54 Å². The van der Waals surface area contributed by atoms with Crippen LogP contribution in [0, 0.1) is 0 Å². The average Bonchev–Trinajstić information content (AvgIpc) is 3.09. The standard InChI is InChI=1S/C14H20N4O2/c1-10(15)11-5-2-3-7-18(11)9-13-16-17-14(20-13)12-6-4-8-19-12/h4,6,8,10-11H,2-3,5,7,9,15H2,1H3. The van der Waals surface area contributed by atoms with Crippen LogP contribution in [0.4, 0.5) is 0 Å². The molecular weight excluding hydrogens is 256 g/mol. The van der Waals surface area contributed by atoms with Crippen molar-refractivity contribution in [3.8, 4) is 11.7 Å². The highest BCUT2D eigenvalue weighted by Crippen LogP contribution is 2.23. The maximum Gasteiger partial charge on any atom is 0.283 e. The van der Waals surface area contributed by atoms with E-state index in [2.05, 4.69) is 22.0 Å². The van der Waals surface area contributed by atoms with E-state index in [-0.39, 0.29) is 6.04 Å². The van der Waals surface area contributed by atoms with Gasteiger partial charge in [0, 0.05) is 12.1 Å². The van der Waals surface area contributed by atoms with Crippen LogP contribution in [0.25, 0.3) is 11.7 Å². The largest absolute Gasteiger partial charge is 0.459 e. The van der Waals surface area contributed by atoms with E-state index in [1.807, 2.05) is 6.07 Å². The molecular formula is C14H20N4O2. The molecule has 0 amide bonds. The zero-order valence-corrected chi connectivity index (χ0v) is 11.7. The summed E-state index contributed by atoms with van der Waals surface area (Å²) >= 11 is 0. The molecule has 2 atom stereocenters. The number of hydrogen-bond donors (Lipinski definition) is 1. The number of nitrogens with two attached hydrogens (primary N) is 1. The first-order chi connectivity index (χ1) is 9.74. The molecule has 2 aromatic heterocycles. The smallest absolute Gasteiger partial charge is 0.283 e. The SMILES string of the molecule is CC(N)C1CCCCN1Cc1nnc(-c2ccco2)o1. The fourth-order valence-corrected chi connectivity index (χ4v) is 2.80. The van der Waals surface area contributed by atoms with Gasteiger partial charge < -0.3 is 14.6 Å². The van der Waals surface area contributed by atoms with Gasteiger partial charge in [-0.3, -0.25) is 4.90 Å². The van der Waals surface area contributed by atoms with Crippen molar-refractivity contribution in [1.29, 1.82) is 0 Å². The third-order valence-corrected chi connectivity index (χ3v) is 3.81. The maximum absolute atomic E-state index is 6.07. The lowest BCUT2D eigenvalue weighted by Crippen LogP contribution is -2.48. The highest BCUT2D eigenvalue weighted by atomic mass is 16.4. The van der Waals surface area contributed by atoms with Gasteiger partial charge in [-0.1, -0.05) is 6.42 Å². The summed E-state index contributed by atoms with van der Waals surface area (Å²) in [5.41, 5.74) is 6.07. The molecule has 6 heteroatoms. The van der Waals surface area contributed by atoms with Gasteiger partial charge in [-0.15, -0.1) is 10.2 Å². The summed E-state index contributed by atoms with van der Waals surface area (Å²) in [6.45, 7) is 3.75. The fourth-order valence-electron chi connectivity index (χ4n) is 2.80. The second-order valence-electron chi connectivity index (χ2n) is 5.37. The third-order valence-electron chi connectivity index (χ3n) is 3.81. The second-order valence-corrected chi connectivity index (χ2v) is 5.37. The number of piperidine rings is 1. The summed E-state index contributed by atoms with van der Waals surface area (Å²) < 4.78 is 10.9. The van der Waals surface area contributed by atoms with E-state index in [1.54, 1.807) is 12.3 Å². The summed E-state index contributed by atoms with van der Waals surface area (Å²) in [4.78, 5) is 2.34. The Balaban J connectivity index is 1.71. The predicted molar refractivity (Wildman–Crippen MR) is 73.7 cm³/mol. The molecule has 0 aliphatic carbocycles. The van der Waals surface area contributed by atoms with Crippen molar-refractivity contribution in [3.05, 3.63) is 24.3 Å². The summed E-state index contributed by atoms with van der Waals surface area (Å²) in [5.74, 6) is 1.65. The Morgan fingerprint density at radius 1 is 1.45 bits per heavy atom. The maximum atomic E-state index is 6.07. The summed E-state index contributed by atoms with van der Waals surface area (Å²) in [5, 5.41) is 8.13. The van der Waals surface area contributed by atoms with Crippen LogP contribution in [0.2, 0.25) is 0 Å². The lowest BCUT2D eigenvalue weighted by molar-refractivity contribution is 0.112. The molecule has 20 heavy (non-hydrogen) atoms. The normalized spacial score (nSPS) is 22.0. The zero-order chi connectivity index (χ0) is 13.9. The van der Waals surface area contributed by atoms with Gasteiger partial charge in [0.05, 0.1) is 12.8 Å². The van der Waals surface area contributed by atoms with Gasteiger partial charge in [0.25, 0.3) is 5.89 Å². The molecule has 1 fully saturated rings. The Kier molecular flexibility index (Phi) is 3.84. The molecule has 0 aromatic carbocycles. The number of likely N-dealkylation sites (tertiary alicyclic amines) is 1. The van der Waals surface area contributed by atoms with Crippen LogP contribution in [-0.4, -0.2) is 33.7 Å². The minimum atomic E-state index is 0.155. The van der Waals surface area contributed by atoms with E-state index in [0.717, 1.165) is 13.0 Å². The van der Waals surface area contributed by atoms with Gasteiger partial charge >= 0.3 is 0 Å². The van der Waals surface area contributed by atoms with Crippen LogP contribution >= 0.6 is 0 Å². The Labute approximate surface area is 117 Å². The van der Waals surface area contributed by atoms with E-state index in [0.29, 0.717) is 30.1 Å². The van der Waals surface area contributed by atoms with Gasteiger partial charge in [0.1, 0.15) is 0 Å². The number of hydrogen-bond acceptors (Lipinski definition) is 6. The van der Waals surface area contributed by atoms with E-state index >= 15 is 0 Å². The van der Waals surface area contributed by atoms with Crippen molar-refractivity contribution < 1.29 is 8.83 Å². The summed E-state index contributed by atoms with van der Waals surface area (Å²) in [6.07, 6.45) is 5.17. The van der Waals surface area contributed by atoms with E-state index in [1.165, 1.54) is 12.8 Å². The second kappa shape index (κ2) is 5.76. The Morgan fingerprint density at radius 3 is 3.10 bits per heavy atom.